The van der Waals surface area contributed by atoms with Gasteiger partial charge in [0.2, 0.25) is 5.91 Å². The minimum absolute atomic E-state index is 0.126. The molecule has 5 nitrogen and oxygen atoms in total. The number of pyridine rings is 1. The number of fused-ring (bicyclic) bond motifs is 1. The van der Waals surface area contributed by atoms with Crippen molar-refractivity contribution < 1.29 is 9.00 Å². The van der Waals surface area contributed by atoms with Crippen LogP contribution in [0.15, 0.2) is 79.1 Å². The highest BCUT2D eigenvalue weighted by atomic mass is 32.2. The second kappa shape index (κ2) is 9.05. The molecular weight excluding hydrogens is 394 g/mol. The summed E-state index contributed by atoms with van der Waals surface area (Å²) in [6.07, 6.45) is 4.01. The van der Waals surface area contributed by atoms with Crippen molar-refractivity contribution in [1.29, 1.82) is 0 Å². The van der Waals surface area contributed by atoms with Crippen LogP contribution in [0.1, 0.15) is 22.4 Å². The third kappa shape index (κ3) is 5.02. The lowest BCUT2D eigenvalue weighted by Crippen LogP contribution is -2.14. The lowest BCUT2D eigenvalue weighted by Gasteiger charge is -2.07. The quantitative estimate of drug-likeness (QED) is 0.488. The molecule has 0 radical (unpaired) electrons. The molecule has 1 amide bonds. The van der Waals surface area contributed by atoms with Crippen molar-refractivity contribution in [2.75, 3.05) is 5.32 Å². The molecular formula is C24H23N3O2S. The van der Waals surface area contributed by atoms with Crippen LogP contribution in [0, 0.1) is 6.92 Å². The van der Waals surface area contributed by atoms with Crippen LogP contribution < -0.4 is 5.32 Å². The number of hydrogen-bond acceptors (Lipinski definition) is 3. The molecule has 152 valence electrons. The Bertz CT molecular complexity index is 1200. The van der Waals surface area contributed by atoms with E-state index in [2.05, 4.69) is 10.3 Å². The topological polar surface area (TPSA) is 63.5 Å². The molecule has 2 aromatic heterocycles. The van der Waals surface area contributed by atoms with Crippen molar-refractivity contribution in [1.82, 2.24) is 9.38 Å². The van der Waals surface area contributed by atoms with E-state index in [1.807, 2.05) is 90.4 Å². The Hall–Kier alpha value is -3.25. The van der Waals surface area contributed by atoms with E-state index in [-0.39, 0.29) is 12.3 Å². The maximum Gasteiger partial charge on any atom is 0.230 e. The molecule has 1 N–H and O–H groups in total. The summed E-state index contributed by atoms with van der Waals surface area (Å²) < 4.78 is 14.4. The summed E-state index contributed by atoms with van der Waals surface area (Å²) in [6, 6.07) is 21.3. The Morgan fingerprint density at radius 3 is 2.57 bits per heavy atom. The number of amides is 1. The Kier molecular flexibility index (Phi) is 6.05. The average Bonchev–Trinajstić information content (AvgIpc) is 3.12. The van der Waals surface area contributed by atoms with Gasteiger partial charge in [-0.3, -0.25) is 9.00 Å². The van der Waals surface area contributed by atoms with Crippen LogP contribution in [0.4, 0.5) is 5.69 Å². The van der Waals surface area contributed by atoms with E-state index < -0.39 is 10.8 Å². The first-order chi connectivity index (χ1) is 14.6. The number of anilines is 1. The molecule has 6 heteroatoms. The molecule has 4 rings (SSSR count). The Balaban J connectivity index is 1.37. The van der Waals surface area contributed by atoms with Gasteiger partial charge in [-0.05, 0) is 41.8 Å². The van der Waals surface area contributed by atoms with Crippen LogP contribution in [-0.4, -0.2) is 19.5 Å². The van der Waals surface area contributed by atoms with Crippen molar-refractivity contribution in [2.45, 2.75) is 24.9 Å². The number of carbonyl (C=O) groups excluding carboxylic acids is 1. The van der Waals surface area contributed by atoms with Crippen molar-refractivity contribution in [2.24, 2.45) is 0 Å². The molecule has 30 heavy (non-hydrogen) atoms. The minimum Gasteiger partial charge on any atom is -0.326 e. The number of hydrogen-bond donors (Lipinski definition) is 1. The third-order valence-electron chi connectivity index (χ3n) is 4.78. The van der Waals surface area contributed by atoms with E-state index in [4.69, 9.17) is 0 Å². The molecule has 0 aliphatic rings. The van der Waals surface area contributed by atoms with Crippen LogP contribution in [0.3, 0.4) is 0 Å². The maximum absolute atomic E-state index is 12.5. The summed E-state index contributed by atoms with van der Waals surface area (Å²) in [5.41, 5.74) is 5.35. The Morgan fingerprint density at radius 1 is 1.00 bits per heavy atom. The average molecular weight is 418 g/mol. The first-order valence-corrected chi connectivity index (χ1v) is 11.3. The first kappa shape index (κ1) is 20.0. The van der Waals surface area contributed by atoms with Crippen LogP contribution in [0.5, 0.6) is 0 Å². The molecule has 0 aliphatic heterocycles. The molecule has 4 aromatic rings. The Morgan fingerprint density at radius 2 is 1.77 bits per heavy atom. The van der Waals surface area contributed by atoms with E-state index in [1.54, 1.807) is 0 Å². The second-order valence-electron chi connectivity index (χ2n) is 7.29. The molecule has 0 fully saturated rings. The SMILES string of the molecule is Cc1cccn2cc(CC(=O)Nc3cccc(CS(=O)Cc4ccccc4)c3)nc12. The summed E-state index contributed by atoms with van der Waals surface area (Å²) in [7, 11) is -1.01. The molecule has 2 heterocycles. The van der Waals surface area contributed by atoms with E-state index in [0.29, 0.717) is 17.2 Å². The highest BCUT2D eigenvalue weighted by Crippen LogP contribution is 2.15. The number of carbonyl (C=O) groups is 1. The lowest BCUT2D eigenvalue weighted by atomic mass is 10.2. The zero-order valence-corrected chi connectivity index (χ0v) is 17.6. The van der Waals surface area contributed by atoms with Gasteiger partial charge in [-0.15, -0.1) is 0 Å². The zero-order chi connectivity index (χ0) is 20.9. The highest BCUT2D eigenvalue weighted by Gasteiger charge is 2.10. The number of nitrogens with one attached hydrogen (secondary N) is 1. The number of nitrogens with zero attached hydrogens (tertiary/aromatic N) is 2. The summed E-state index contributed by atoms with van der Waals surface area (Å²) in [4.78, 5) is 17.1. The largest absolute Gasteiger partial charge is 0.326 e. The number of aryl methyl sites for hydroxylation is 1. The molecule has 0 spiro atoms. The van der Waals surface area contributed by atoms with Gasteiger partial charge in [-0.25, -0.2) is 4.98 Å². The monoisotopic (exact) mass is 417 g/mol. The van der Waals surface area contributed by atoms with Gasteiger partial charge in [-0.2, -0.15) is 0 Å². The molecule has 1 atom stereocenters. The predicted octanol–water partition coefficient (Wildman–Crippen LogP) is 4.27. The summed E-state index contributed by atoms with van der Waals surface area (Å²) >= 11 is 0. The fraction of sp³-hybridized carbons (Fsp3) is 0.167. The smallest absolute Gasteiger partial charge is 0.230 e. The summed E-state index contributed by atoms with van der Waals surface area (Å²) in [6.45, 7) is 2.00. The fourth-order valence-electron chi connectivity index (χ4n) is 3.40. The second-order valence-corrected chi connectivity index (χ2v) is 8.75. The van der Waals surface area contributed by atoms with Crippen LogP contribution in [0.25, 0.3) is 5.65 Å². The molecule has 0 saturated carbocycles. The molecule has 0 aliphatic carbocycles. The number of rotatable bonds is 7. The standard InChI is InChI=1S/C24H23N3O2S/c1-18-7-6-12-27-15-22(26-24(18)27)14-23(28)25-21-11-5-10-20(13-21)17-30(29)16-19-8-3-2-4-9-19/h2-13,15H,14,16-17H2,1H3,(H,25,28). The fourth-order valence-corrected chi connectivity index (χ4v) is 4.61. The maximum atomic E-state index is 12.5. The molecule has 2 aromatic carbocycles. The van der Waals surface area contributed by atoms with Gasteiger partial charge in [-0.1, -0.05) is 48.5 Å². The van der Waals surface area contributed by atoms with Gasteiger partial charge in [0.25, 0.3) is 0 Å². The van der Waals surface area contributed by atoms with E-state index >= 15 is 0 Å². The highest BCUT2D eigenvalue weighted by molar-refractivity contribution is 7.83. The molecule has 0 saturated heterocycles. The predicted molar refractivity (Wildman–Crippen MR) is 121 cm³/mol. The Labute approximate surface area is 178 Å². The van der Waals surface area contributed by atoms with Crippen LogP contribution in [-0.2, 0) is 33.5 Å². The van der Waals surface area contributed by atoms with Gasteiger partial charge < -0.3 is 9.72 Å². The van der Waals surface area contributed by atoms with Gasteiger partial charge in [0.05, 0.1) is 12.1 Å². The van der Waals surface area contributed by atoms with Crippen molar-refractivity contribution in [3.05, 3.63) is 102 Å². The zero-order valence-electron chi connectivity index (χ0n) is 16.7. The lowest BCUT2D eigenvalue weighted by molar-refractivity contribution is -0.115. The number of benzene rings is 2. The molecule has 0 bridgehead atoms. The van der Waals surface area contributed by atoms with E-state index in [0.717, 1.165) is 28.0 Å². The summed E-state index contributed by atoms with van der Waals surface area (Å²) in [5.74, 6) is 0.841. The normalized spacial score (nSPS) is 12.0. The van der Waals surface area contributed by atoms with Crippen molar-refractivity contribution in [3.63, 3.8) is 0 Å². The van der Waals surface area contributed by atoms with Gasteiger partial charge in [0, 0.05) is 40.4 Å². The van der Waals surface area contributed by atoms with E-state index in [9.17, 15) is 9.00 Å². The molecule has 1 unspecified atom stereocenters. The third-order valence-corrected chi connectivity index (χ3v) is 6.09. The van der Waals surface area contributed by atoms with Gasteiger partial charge >= 0.3 is 0 Å². The van der Waals surface area contributed by atoms with Gasteiger partial charge in [0.15, 0.2) is 0 Å². The van der Waals surface area contributed by atoms with Crippen molar-refractivity contribution >= 4 is 28.0 Å². The number of aromatic nitrogens is 2. The minimum atomic E-state index is -1.01. The number of imidazole rings is 1. The van der Waals surface area contributed by atoms with E-state index in [1.165, 1.54) is 0 Å². The first-order valence-electron chi connectivity index (χ1n) is 9.78. The van der Waals surface area contributed by atoms with Gasteiger partial charge in [0.1, 0.15) is 5.65 Å². The van der Waals surface area contributed by atoms with Crippen molar-refractivity contribution in [3.8, 4) is 0 Å². The van der Waals surface area contributed by atoms with Crippen LogP contribution >= 0.6 is 0 Å². The summed E-state index contributed by atoms with van der Waals surface area (Å²) in [5, 5.41) is 2.93. The van der Waals surface area contributed by atoms with Crippen LogP contribution in [0.2, 0.25) is 0 Å².